The Hall–Kier alpha value is -2.25. The van der Waals surface area contributed by atoms with Crippen LogP contribution in [0.4, 0.5) is 4.39 Å². The average molecular weight is 362 g/mol. The van der Waals surface area contributed by atoms with Crippen LogP contribution in [0.25, 0.3) is 5.70 Å². The van der Waals surface area contributed by atoms with Gasteiger partial charge in [0, 0.05) is 0 Å². The lowest BCUT2D eigenvalue weighted by Gasteiger charge is -2.19. The van der Waals surface area contributed by atoms with Gasteiger partial charge in [-0.2, -0.15) is 0 Å². The van der Waals surface area contributed by atoms with Gasteiger partial charge in [-0.05, 0) is 30.5 Å². The van der Waals surface area contributed by atoms with Gasteiger partial charge in [-0.3, -0.25) is 9.71 Å². The van der Waals surface area contributed by atoms with Gasteiger partial charge in [-0.25, -0.2) is 12.8 Å². The zero-order valence-electron chi connectivity index (χ0n) is 13.6. The van der Waals surface area contributed by atoms with Crippen LogP contribution in [0.5, 0.6) is 0 Å². The maximum absolute atomic E-state index is 12.9. The summed E-state index contributed by atoms with van der Waals surface area (Å²) in [6.07, 6.45) is 2.08. The Morgan fingerprint density at radius 1 is 1.24 bits per heavy atom. The third kappa shape index (κ3) is 4.05. The Kier molecular flexibility index (Phi) is 4.87. The first-order valence-electron chi connectivity index (χ1n) is 7.87. The van der Waals surface area contributed by atoms with Crippen molar-refractivity contribution in [2.75, 3.05) is 6.61 Å². The monoisotopic (exact) mass is 362 g/mol. The molecule has 0 saturated heterocycles. The lowest BCUT2D eigenvalue weighted by atomic mass is 10.2. The molecule has 1 heterocycles. The summed E-state index contributed by atoms with van der Waals surface area (Å²) in [4.78, 5) is 3.83. The Bertz CT molecular complexity index is 848. The van der Waals surface area contributed by atoms with Crippen LogP contribution in [0.2, 0.25) is 0 Å². The Labute approximate surface area is 146 Å². The van der Waals surface area contributed by atoms with Crippen molar-refractivity contribution in [2.45, 2.75) is 24.2 Å². The number of ether oxygens (including phenoxy) is 1. The lowest BCUT2D eigenvalue weighted by molar-refractivity contribution is 0.116. The van der Waals surface area contributed by atoms with Crippen LogP contribution < -0.4 is 4.72 Å². The van der Waals surface area contributed by atoms with Crippen LogP contribution in [0.3, 0.4) is 0 Å². The van der Waals surface area contributed by atoms with Crippen LogP contribution in [0.15, 0.2) is 55.2 Å². The largest absolute Gasteiger partial charge is 0.375 e. The van der Waals surface area contributed by atoms with Gasteiger partial charge in [0.05, 0.1) is 30.8 Å². The van der Waals surface area contributed by atoms with E-state index in [0.29, 0.717) is 19.4 Å². The molecule has 0 bridgehead atoms. The molecule has 1 saturated carbocycles. The molecule has 5 nitrogen and oxygen atoms in total. The molecule has 0 spiro atoms. The van der Waals surface area contributed by atoms with E-state index in [2.05, 4.69) is 16.3 Å². The van der Waals surface area contributed by atoms with Gasteiger partial charge in [0.25, 0.3) is 0 Å². The zero-order chi connectivity index (χ0) is 17.9. The number of benzene rings is 1. The van der Waals surface area contributed by atoms with E-state index < -0.39 is 20.6 Å². The van der Waals surface area contributed by atoms with E-state index >= 15 is 0 Å². The zero-order valence-corrected chi connectivity index (χ0v) is 14.4. The van der Waals surface area contributed by atoms with Crippen molar-refractivity contribution >= 4 is 15.7 Å². The molecule has 132 valence electrons. The minimum absolute atomic E-state index is 0.112. The summed E-state index contributed by atoms with van der Waals surface area (Å²) in [6.45, 7) is 4.17. The molecule has 0 radical (unpaired) electrons. The second kappa shape index (κ2) is 6.93. The van der Waals surface area contributed by atoms with Gasteiger partial charge in [0.1, 0.15) is 10.6 Å². The molecule has 25 heavy (non-hydrogen) atoms. The maximum atomic E-state index is 12.9. The number of aromatic nitrogens is 1. The summed E-state index contributed by atoms with van der Waals surface area (Å²) in [5.74, 6) is -0.493. The van der Waals surface area contributed by atoms with E-state index in [1.165, 1.54) is 12.1 Å². The van der Waals surface area contributed by atoms with Gasteiger partial charge in [-0.15, -0.1) is 0 Å². The molecular formula is C18H19FN2O3S. The standard InChI is InChI=1S/C18H19FN2O3S/c1-14(17-8-7-16(19)11-20-17)21-25(22,23)18(9-10-18)13-24-12-15-5-3-2-4-6-15/h2-8,11,21H,1,9-10,12-13H2. The highest BCUT2D eigenvalue weighted by molar-refractivity contribution is 7.91. The first-order chi connectivity index (χ1) is 11.9. The van der Waals surface area contributed by atoms with Crippen molar-refractivity contribution in [2.24, 2.45) is 0 Å². The van der Waals surface area contributed by atoms with Crippen LogP contribution in [-0.2, 0) is 21.4 Å². The van der Waals surface area contributed by atoms with Crippen LogP contribution >= 0.6 is 0 Å². The van der Waals surface area contributed by atoms with E-state index in [1.807, 2.05) is 30.3 Å². The summed E-state index contributed by atoms with van der Waals surface area (Å²) in [7, 11) is -3.67. The van der Waals surface area contributed by atoms with E-state index in [9.17, 15) is 12.8 Å². The second-order valence-electron chi connectivity index (χ2n) is 6.11. The summed E-state index contributed by atoms with van der Waals surface area (Å²) >= 11 is 0. The molecule has 1 aromatic carbocycles. The number of sulfonamides is 1. The minimum atomic E-state index is -3.67. The molecule has 1 aromatic heterocycles. The topological polar surface area (TPSA) is 68.3 Å². The van der Waals surface area contributed by atoms with E-state index in [4.69, 9.17) is 4.74 Å². The van der Waals surface area contributed by atoms with E-state index in [-0.39, 0.29) is 18.0 Å². The fourth-order valence-corrected chi connectivity index (χ4v) is 3.96. The first kappa shape index (κ1) is 17.6. The second-order valence-corrected chi connectivity index (χ2v) is 8.18. The van der Waals surface area contributed by atoms with Crippen LogP contribution in [-0.4, -0.2) is 24.8 Å². The SMILES string of the molecule is C=C(NS(=O)(=O)C1(COCc2ccccc2)CC1)c1ccc(F)cn1. The van der Waals surface area contributed by atoms with Crippen molar-refractivity contribution in [3.63, 3.8) is 0 Å². The fourth-order valence-electron chi connectivity index (χ4n) is 2.44. The minimum Gasteiger partial charge on any atom is -0.375 e. The Balaban J connectivity index is 1.60. The molecule has 0 aliphatic heterocycles. The molecule has 1 fully saturated rings. The van der Waals surface area contributed by atoms with Crippen molar-refractivity contribution in [1.82, 2.24) is 9.71 Å². The molecular weight excluding hydrogens is 343 g/mol. The molecule has 2 aromatic rings. The Morgan fingerprint density at radius 2 is 1.96 bits per heavy atom. The summed E-state index contributed by atoms with van der Waals surface area (Å²) in [6, 6.07) is 12.2. The van der Waals surface area contributed by atoms with Gasteiger partial charge in [0.2, 0.25) is 10.0 Å². The predicted molar refractivity (Wildman–Crippen MR) is 93.3 cm³/mol. The van der Waals surface area contributed by atoms with E-state index in [1.54, 1.807) is 0 Å². The highest BCUT2D eigenvalue weighted by Gasteiger charge is 2.55. The van der Waals surface area contributed by atoms with Crippen molar-refractivity contribution in [1.29, 1.82) is 0 Å². The third-order valence-corrected chi connectivity index (χ3v) is 6.33. The fraction of sp³-hybridized carbons (Fsp3) is 0.278. The van der Waals surface area contributed by atoms with Crippen molar-refractivity contribution in [3.05, 3.63) is 72.3 Å². The van der Waals surface area contributed by atoms with Crippen molar-refractivity contribution in [3.8, 4) is 0 Å². The number of pyridine rings is 1. The number of nitrogens with zero attached hydrogens (tertiary/aromatic N) is 1. The predicted octanol–water partition coefficient (Wildman–Crippen LogP) is 2.86. The van der Waals surface area contributed by atoms with Gasteiger partial charge in [0.15, 0.2) is 0 Å². The molecule has 0 unspecified atom stereocenters. The normalized spacial score (nSPS) is 15.6. The number of halogens is 1. The van der Waals surface area contributed by atoms with E-state index in [0.717, 1.165) is 11.8 Å². The first-order valence-corrected chi connectivity index (χ1v) is 9.35. The van der Waals surface area contributed by atoms with Crippen LogP contribution in [0, 0.1) is 5.82 Å². The smallest absolute Gasteiger partial charge is 0.240 e. The summed E-state index contributed by atoms with van der Waals surface area (Å²) in [5, 5.41) is 0. The number of rotatable bonds is 8. The molecule has 1 N–H and O–H groups in total. The number of nitrogens with one attached hydrogen (secondary N) is 1. The highest BCUT2D eigenvalue weighted by Crippen LogP contribution is 2.43. The third-order valence-electron chi connectivity index (χ3n) is 4.15. The quantitative estimate of drug-likeness (QED) is 0.784. The maximum Gasteiger partial charge on any atom is 0.240 e. The lowest BCUT2D eigenvalue weighted by Crippen LogP contribution is -2.38. The molecule has 3 rings (SSSR count). The Morgan fingerprint density at radius 3 is 2.56 bits per heavy atom. The summed E-state index contributed by atoms with van der Waals surface area (Å²) < 4.78 is 45.4. The number of hydrogen-bond donors (Lipinski definition) is 1. The molecule has 0 amide bonds. The van der Waals surface area contributed by atoms with Gasteiger partial charge in [-0.1, -0.05) is 36.9 Å². The van der Waals surface area contributed by atoms with Gasteiger partial charge >= 0.3 is 0 Å². The molecule has 1 aliphatic carbocycles. The molecule has 1 aliphatic rings. The van der Waals surface area contributed by atoms with Gasteiger partial charge < -0.3 is 4.74 Å². The molecule has 0 atom stereocenters. The molecule has 7 heteroatoms. The van der Waals surface area contributed by atoms with Crippen molar-refractivity contribution < 1.29 is 17.5 Å². The average Bonchev–Trinajstić information content (AvgIpc) is 3.38. The summed E-state index contributed by atoms with van der Waals surface area (Å²) in [5.41, 5.74) is 1.39. The number of hydrogen-bond acceptors (Lipinski definition) is 4. The highest BCUT2D eigenvalue weighted by atomic mass is 32.2. The van der Waals surface area contributed by atoms with Crippen LogP contribution in [0.1, 0.15) is 24.1 Å².